The monoisotopic (exact) mass is 558 g/mol. The molecule has 2 aromatic carbocycles. The highest BCUT2D eigenvalue weighted by Crippen LogP contribution is 2.29. The fourth-order valence-corrected chi connectivity index (χ4v) is 4.23. The number of pyridine rings is 1. The van der Waals surface area contributed by atoms with Gasteiger partial charge in [-0.3, -0.25) is 9.59 Å². The number of carbonyl (C=O) groups excluding carboxylic acids is 2. The van der Waals surface area contributed by atoms with Crippen LogP contribution in [0.3, 0.4) is 0 Å². The van der Waals surface area contributed by atoms with E-state index in [1.807, 2.05) is 12.1 Å². The van der Waals surface area contributed by atoms with Gasteiger partial charge in [0, 0.05) is 31.1 Å². The summed E-state index contributed by atoms with van der Waals surface area (Å²) in [6.45, 7) is 2.03. The molecule has 4 rings (SSSR count). The number of carbonyl (C=O) groups is 2. The van der Waals surface area contributed by atoms with Gasteiger partial charge < -0.3 is 26.4 Å². The summed E-state index contributed by atoms with van der Waals surface area (Å²) in [5.41, 5.74) is 0.595. The Hall–Kier alpha value is -4.23. The van der Waals surface area contributed by atoms with Crippen LogP contribution in [0.4, 0.5) is 36.1 Å². The van der Waals surface area contributed by atoms with Gasteiger partial charge in [-0.1, -0.05) is 0 Å². The normalized spacial score (nSPS) is 12.2. The first kappa shape index (κ1) is 27.8. The van der Waals surface area contributed by atoms with E-state index in [0.717, 1.165) is 22.3 Å². The van der Waals surface area contributed by atoms with Crippen molar-refractivity contribution in [2.24, 2.45) is 0 Å². The molecule has 0 aliphatic rings. The van der Waals surface area contributed by atoms with Gasteiger partial charge >= 0.3 is 0 Å². The van der Waals surface area contributed by atoms with E-state index in [9.17, 15) is 27.9 Å². The van der Waals surface area contributed by atoms with Gasteiger partial charge in [-0.05, 0) is 38.1 Å². The maximum Gasteiger partial charge on any atom is 0.255 e. The van der Waals surface area contributed by atoms with Gasteiger partial charge in [0.25, 0.3) is 11.8 Å². The van der Waals surface area contributed by atoms with Gasteiger partial charge in [0.1, 0.15) is 23.6 Å². The molecule has 0 aliphatic carbocycles. The van der Waals surface area contributed by atoms with E-state index in [2.05, 4.69) is 31.2 Å². The van der Waals surface area contributed by atoms with E-state index in [1.165, 1.54) is 44.5 Å². The predicted octanol–water partition coefficient (Wildman–Crippen LogP) is 4.66. The summed E-state index contributed by atoms with van der Waals surface area (Å²) in [7, 11) is 1.29. The first-order valence-electron chi connectivity index (χ1n) is 11.7. The molecule has 5 N–H and O–H groups in total. The number of alkyl halides is 1. The molecule has 0 bridgehead atoms. The fourth-order valence-electron chi connectivity index (χ4n) is 3.51. The summed E-state index contributed by atoms with van der Waals surface area (Å²) >= 11 is 1.45. The molecule has 39 heavy (non-hydrogen) atoms. The number of nitrogens with one attached hydrogen (secondary N) is 4. The highest BCUT2D eigenvalue weighted by atomic mass is 32.1. The summed E-state index contributed by atoms with van der Waals surface area (Å²) in [4.78, 5) is 33.2. The smallest absolute Gasteiger partial charge is 0.255 e. The Balaban J connectivity index is 1.67. The number of hydrogen-bond acceptors (Lipinski definition) is 8. The van der Waals surface area contributed by atoms with Crippen molar-refractivity contribution in [2.75, 3.05) is 24.2 Å². The third-order valence-electron chi connectivity index (χ3n) is 5.76. The number of fused-ring (bicyclic) bond motifs is 1. The van der Waals surface area contributed by atoms with Crippen LogP contribution in [-0.4, -0.2) is 52.3 Å². The Morgan fingerprint density at radius 2 is 1.77 bits per heavy atom. The lowest BCUT2D eigenvalue weighted by Gasteiger charge is -2.22. The second-order valence-electron chi connectivity index (χ2n) is 9.12. The Morgan fingerprint density at radius 1 is 1.00 bits per heavy atom. The Bertz CT molecular complexity index is 1540. The summed E-state index contributed by atoms with van der Waals surface area (Å²) in [5, 5.41) is 20.2. The van der Waals surface area contributed by atoms with Crippen molar-refractivity contribution in [3.8, 4) is 0 Å². The topological polar surface area (TPSA) is 128 Å². The van der Waals surface area contributed by atoms with Crippen LogP contribution in [0.2, 0.25) is 0 Å². The SMILES string of the molecule is CNC(=O)c1cc(F)c(Nc2cc(Nc3ccc4ncsc4c3)ncc2C(=O)NC[C@@H](F)C(C)(C)O)cc1F. The lowest BCUT2D eigenvalue weighted by atomic mass is 10.0. The van der Waals surface area contributed by atoms with Crippen LogP contribution in [0.1, 0.15) is 34.6 Å². The number of benzene rings is 2. The van der Waals surface area contributed by atoms with E-state index in [4.69, 9.17) is 0 Å². The predicted molar refractivity (Wildman–Crippen MR) is 144 cm³/mol. The van der Waals surface area contributed by atoms with E-state index >= 15 is 0 Å². The van der Waals surface area contributed by atoms with Crippen LogP contribution < -0.4 is 21.3 Å². The average Bonchev–Trinajstić information content (AvgIpc) is 3.36. The summed E-state index contributed by atoms with van der Waals surface area (Å²) in [5.74, 6) is -3.24. The number of amides is 2. The number of hydrogen-bond donors (Lipinski definition) is 5. The Morgan fingerprint density at radius 3 is 2.49 bits per heavy atom. The highest BCUT2D eigenvalue weighted by Gasteiger charge is 2.27. The van der Waals surface area contributed by atoms with Crippen molar-refractivity contribution in [3.05, 3.63) is 70.9 Å². The molecule has 4 aromatic rings. The van der Waals surface area contributed by atoms with Crippen LogP contribution in [0.25, 0.3) is 10.2 Å². The zero-order chi connectivity index (χ0) is 28.3. The lowest BCUT2D eigenvalue weighted by molar-refractivity contribution is -0.00178. The number of anilines is 4. The maximum atomic E-state index is 14.9. The minimum absolute atomic E-state index is 0.0218. The van der Waals surface area contributed by atoms with Crippen molar-refractivity contribution in [1.29, 1.82) is 0 Å². The van der Waals surface area contributed by atoms with Crippen molar-refractivity contribution >= 4 is 56.2 Å². The van der Waals surface area contributed by atoms with Crippen molar-refractivity contribution in [1.82, 2.24) is 20.6 Å². The number of thiazole rings is 1. The van der Waals surface area contributed by atoms with Crippen molar-refractivity contribution < 1.29 is 27.9 Å². The molecule has 0 aliphatic heterocycles. The largest absolute Gasteiger partial charge is 0.387 e. The average molecular weight is 559 g/mol. The standard InChI is InChI=1S/C26H25F3N6O3S/c1-26(2,38)22(29)11-32-25(37)15-10-31-23(34-13-4-5-18-21(6-13)39-12-33-18)9-19(15)35-20-8-16(27)14(7-17(20)28)24(36)30-3/h4-10,12,22,38H,11H2,1-3H3,(H,30,36)(H,32,37)(H2,31,34,35)/t22-/m1/s1. The number of rotatable bonds is 9. The van der Waals surface area contributed by atoms with Gasteiger partial charge in [-0.15, -0.1) is 11.3 Å². The first-order chi connectivity index (χ1) is 18.5. The molecule has 1 atom stereocenters. The van der Waals surface area contributed by atoms with Crippen molar-refractivity contribution in [3.63, 3.8) is 0 Å². The molecule has 2 heterocycles. The molecule has 0 radical (unpaired) electrons. The molecular formula is C26H25F3N6O3S. The second kappa shape index (κ2) is 11.3. The first-order valence-corrected chi connectivity index (χ1v) is 12.6. The lowest BCUT2D eigenvalue weighted by Crippen LogP contribution is -2.42. The zero-order valence-electron chi connectivity index (χ0n) is 21.1. The van der Waals surface area contributed by atoms with Gasteiger partial charge in [0.15, 0.2) is 0 Å². The number of halogens is 3. The Kier molecular flexibility index (Phi) is 8.02. The molecule has 2 amide bonds. The van der Waals surface area contributed by atoms with Crippen LogP contribution in [0, 0.1) is 11.6 Å². The molecule has 0 saturated carbocycles. The molecule has 9 nitrogen and oxygen atoms in total. The van der Waals surface area contributed by atoms with E-state index in [0.29, 0.717) is 5.69 Å². The second-order valence-corrected chi connectivity index (χ2v) is 10.0. The number of aliphatic hydroxyl groups is 1. The molecular weight excluding hydrogens is 533 g/mol. The van der Waals surface area contributed by atoms with Crippen LogP contribution >= 0.6 is 11.3 Å². The van der Waals surface area contributed by atoms with Crippen LogP contribution in [0.5, 0.6) is 0 Å². The van der Waals surface area contributed by atoms with Crippen LogP contribution in [-0.2, 0) is 0 Å². The summed E-state index contributed by atoms with van der Waals surface area (Å²) < 4.78 is 44.6. The molecule has 204 valence electrons. The minimum atomic E-state index is -1.77. The summed E-state index contributed by atoms with van der Waals surface area (Å²) in [6, 6.07) is 8.38. The molecule has 0 fully saturated rings. The van der Waals surface area contributed by atoms with E-state index in [-0.39, 0.29) is 22.8 Å². The van der Waals surface area contributed by atoms with Gasteiger partial charge in [-0.2, -0.15) is 0 Å². The quantitative estimate of drug-likeness (QED) is 0.202. The molecule has 0 unspecified atom stereocenters. The number of nitrogens with zero attached hydrogens (tertiary/aromatic N) is 2. The minimum Gasteiger partial charge on any atom is -0.387 e. The Labute approximate surface area is 225 Å². The van der Waals surface area contributed by atoms with Gasteiger partial charge in [0.2, 0.25) is 0 Å². The molecule has 2 aromatic heterocycles. The zero-order valence-corrected chi connectivity index (χ0v) is 21.9. The van der Waals surface area contributed by atoms with Gasteiger partial charge in [0.05, 0.1) is 50.4 Å². The van der Waals surface area contributed by atoms with E-state index in [1.54, 1.807) is 11.6 Å². The maximum absolute atomic E-state index is 14.9. The fraction of sp³-hybridized carbons (Fsp3) is 0.231. The summed E-state index contributed by atoms with van der Waals surface area (Å²) in [6.07, 6.45) is -0.576. The molecule has 0 saturated heterocycles. The highest BCUT2D eigenvalue weighted by molar-refractivity contribution is 7.16. The molecule has 0 spiro atoms. The van der Waals surface area contributed by atoms with E-state index < -0.39 is 47.3 Å². The van der Waals surface area contributed by atoms with Crippen molar-refractivity contribution in [2.45, 2.75) is 25.6 Å². The third-order valence-corrected chi connectivity index (χ3v) is 6.55. The number of aromatic nitrogens is 2. The third kappa shape index (κ3) is 6.44. The van der Waals surface area contributed by atoms with Crippen LogP contribution in [0.15, 0.2) is 48.1 Å². The molecule has 13 heteroatoms. The van der Waals surface area contributed by atoms with Gasteiger partial charge in [-0.25, -0.2) is 23.1 Å².